The van der Waals surface area contributed by atoms with Crippen LogP contribution in [-0.2, 0) is 4.79 Å². The van der Waals surface area contributed by atoms with E-state index in [2.05, 4.69) is 5.32 Å². The summed E-state index contributed by atoms with van der Waals surface area (Å²) in [6.45, 7) is 1.77. The van der Waals surface area contributed by atoms with Gasteiger partial charge in [0.25, 0.3) is 0 Å². The van der Waals surface area contributed by atoms with E-state index >= 15 is 0 Å². The van der Waals surface area contributed by atoms with Crippen LogP contribution in [0.2, 0.25) is 5.02 Å². The molecular formula is C16H17ClN2O2. The molecule has 2 aromatic rings. The van der Waals surface area contributed by atoms with Crippen LogP contribution >= 0.6 is 11.6 Å². The van der Waals surface area contributed by atoms with Gasteiger partial charge in [0.1, 0.15) is 11.9 Å². The Bertz CT molecular complexity index is 614. The van der Waals surface area contributed by atoms with Gasteiger partial charge in [-0.1, -0.05) is 35.9 Å². The fourth-order valence-electron chi connectivity index (χ4n) is 1.95. The molecule has 5 heteroatoms. The number of anilines is 1. The quantitative estimate of drug-likeness (QED) is 0.890. The average molecular weight is 305 g/mol. The Morgan fingerprint density at radius 3 is 2.52 bits per heavy atom. The lowest BCUT2D eigenvalue weighted by Gasteiger charge is -2.20. The Morgan fingerprint density at radius 1 is 1.24 bits per heavy atom. The molecule has 0 saturated heterocycles. The summed E-state index contributed by atoms with van der Waals surface area (Å²) in [4.78, 5) is 11.2. The van der Waals surface area contributed by atoms with Crippen molar-refractivity contribution in [2.24, 2.45) is 5.73 Å². The Balaban J connectivity index is 2.22. The van der Waals surface area contributed by atoms with Gasteiger partial charge in [0.05, 0.1) is 5.69 Å². The predicted octanol–water partition coefficient (Wildman–Crippen LogP) is 3.38. The summed E-state index contributed by atoms with van der Waals surface area (Å²) in [6.07, 6.45) is -0.308. The SMILES string of the molecule is CC(=O)Nc1ccccc1OC(CN)c1ccc(Cl)cc1. The standard InChI is InChI=1S/C16H17ClN2O2/c1-11(20)19-14-4-2-3-5-15(14)21-16(10-18)12-6-8-13(17)9-7-12/h2-9,16H,10,18H2,1H3,(H,19,20). The van der Waals surface area contributed by atoms with Crippen molar-refractivity contribution in [3.63, 3.8) is 0 Å². The molecule has 0 spiro atoms. The minimum absolute atomic E-state index is 0.151. The molecule has 1 unspecified atom stereocenters. The summed E-state index contributed by atoms with van der Waals surface area (Å²) in [5.41, 5.74) is 7.35. The molecule has 4 nitrogen and oxygen atoms in total. The smallest absolute Gasteiger partial charge is 0.221 e. The van der Waals surface area contributed by atoms with Gasteiger partial charge in [0.15, 0.2) is 0 Å². The van der Waals surface area contributed by atoms with Gasteiger partial charge in [0.2, 0.25) is 5.91 Å². The summed E-state index contributed by atoms with van der Waals surface area (Å²) < 4.78 is 5.94. The minimum Gasteiger partial charge on any atom is -0.482 e. The molecule has 3 N–H and O–H groups in total. The summed E-state index contributed by atoms with van der Waals surface area (Å²) in [5.74, 6) is 0.431. The number of nitrogens with two attached hydrogens (primary N) is 1. The van der Waals surface area contributed by atoms with Gasteiger partial charge in [-0.2, -0.15) is 0 Å². The van der Waals surface area contributed by atoms with Gasteiger partial charge in [-0.05, 0) is 29.8 Å². The van der Waals surface area contributed by atoms with Crippen LogP contribution in [0.15, 0.2) is 48.5 Å². The lowest BCUT2D eigenvalue weighted by molar-refractivity contribution is -0.114. The molecule has 0 aliphatic carbocycles. The predicted molar refractivity (Wildman–Crippen MR) is 84.6 cm³/mol. The monoisotopic (exact) mass is 304 g/mol. The van der Waals surface area contributed by atoms with E-state index in [9.17, 15) is 4.79 Å². The number of nitrogens with one attached hydrogen (secondary N) is 1. The maximum atomic E-state index is 11.2. The number of rotatable bonds is 5. The van der Waals surface area contributed by atoms with Crippen molar-refractivity contribution in [1.82, 2.24) is 0 Å². The first-order valence-corrected chi connectivity index (χ1v) is 6.96. The molecule has 0 bridgehead atoms. The first kappa shape index (κ1) is 15.4. The fraction of sp³-hybridized carbons (Fsp3) is 0.188. The van der Waals surface area contributed by atoms with Crippen LogP contribution < -0.4 is 15.8 Å². The number of halogens is 1. The zero-order valence-electron chi connectivity index (χ0n) is 11.7. The second-order valence-corrected chi connectivity index (χ2v) is 5.01. The molecule has 110 valence electrons. The normalized spacial score (nSPS) is 11.8. The number of hydrogen-bond donors (Lipinski definition) is 2. The van der Waals surface area contributed by atoms with Gasteiger partial charge in [-0.3, -0.25) is 4.79 Å². The van der Waals surface area contributed by atoms with Crippen LogP contribution in [0, 0.1) is 0 Å². The van der Waals surface area contributed by atoms with Crippen molar-refractivity contribution in [2.75, 3.05) is 11.9 Å². The molecule has 0 aliphatic heterocycles. The maximum Gasteiger partial charge on any atom is 0.221 e. The Morgan fingerprint density at radius 2 is 1.90 bits per heavy atom. The van der Waals surface area contributed by atoms with Gasteiger partial charge in [-0.25, -0.2) is 0 Å². The van der Waals surface area contributed by atoms with E-state index in [-0.39, 0.29) is 12.0 Å². The summed E-state index contributed by atoms with van der Waals surface area (Å²) in [5, 5.41) is 3.40. The highest BCUT2D eigenvalue weighted by Crippen LogP contribution is 2.29. The Hall–Kier alpha value is -2.04. The zero-order valence-corrected chi connectivity index (χ0v) is 12.4. The van der Waals surface area contributed by atoms with Crippen molar-refractivity contribution in [3.05, 3.63) is 59.1 Å². The van der Waals surface area contributed by atoms with Crippen molar-refractivity contribution in [3.8, 4) is 5.75 Å². The third-order valence-corrected chi connectivity index (χ3v) is 3.17. The van der Waals surface area contributed by atoms with Gasteiger partial charge in [-0.15, -0.1) is 0 Å². The molecule has 2 rings (SSSR count). The number of hydrogen-bond acceptors (Lipinski definition) is 3. The van der Waals surface area contributed by atoms with E-state index in [1.54, 1.807) is 24.3 Å². The third-order valence-electron chi connectivity index (χ3n) is 2.92. The molecule has 2 aromatic carbocycles. The number of benzene rings is 2. The second-order valence-electron chi connectivity index (χ2n) is 4.57. The van der Waals surface area contributed by atoms with Crippen LogP contribution in [0.5, 0.6) is 5.75 Å². The van der Waals surface area contributed by atoms with E-state index < -0.39 is 0 Å². The summed E-state index contributed by atoms with van der Waals surface area (Å²) >= 11 is 5.88. The van der Waals surface area contributed by atoms with Crippen LogP contribution in [-0.4, -0.2) is 12.5 Å². The van der Waals surface area contributed by atoms with Crippen molar-refractivity contribution < 1.29 is 9.53 Å². The first-order chi connectivity index (χ1) is 10.1. The Labute approximate surface area is 128 Å². The van der Waals surface area contributed by atoms with Crippen LogP contribution in [0.4, 0.5) is 5.69 Å². The lowest BCUT2D eigenvalue weighted by Crippen LogP contribution is -2.19. The number of ether oxygens (including phenoxy) is 1. The minimum atomic E-state index is -0.308. The maximum absolute atomic E-state index is 11.2. The van der Waals surface area contributed by atoms with Crippen molar-refractivity contribution in [1.29, 1.82) is 0 Å². The zero-order chi connectivity index (χ0) is 15.2. The topological polar surface area (TPSA) is 64.3 Å². The highest BCUT2D eigenvalue weighted by Gasteiger charge is 2.14. The number of amides is 1. The average Bonchev–Trinajstić information content (AvgIpc) is 2.47. The van der Waals surface area contributed by atoms with Crippen LogP contribution in [0.1, 0.15) is 18.6 Å². The van der Waals surface area contributed by atoms with Crippen LogP contribution in [0.3, 0.4) is 0 Å². The fourth-order valence-corrected chi connectivity index (χ4v) is 2.07. The van der Waals surface area contributed by atoms with Gasteiger partial charge in [0, 0.05) is 18.5 Å². The molecule has 0 fully saturated rings. The molecule has 1 amide bonds. The second kappa shape index (κ2) is 7.11. The molecule has 1 atom stereocenters. The Kier molecular flexibility index (Phi) is 5.20. The van der Waals surface area contributed by atoms with E-state index in [1.165, 1.54) is 6.92 Å². The van der Waals surface area contributed by atoms with Gasteiger partial charge >= 0.3 is 0 Å². The van der Waals surface area contributed by atoms with E-state index in [1.807, 2.05) is 24.3 Å². The molecule has 0 aromatic heterocycles. The molecule has 0 saturated carbocycles. The lowest BCUT2D eigenvalue weighted by atomic mass is 10.1. The van der Waals surface area contributed by atoms with E-state index in [4.69, 9.17) is 22.1 Å². The largest absolute Gasteiger partial charge is 0.482 e. The molecule has 0 radical (unpaired) electrons. The highest BCUT2D eigenvalue weighted by atomic mass is 35.5. The van der Waals surface area contributed by atoms with Crippen molar-refractivity contribution in [2.45, 2.75) is 13.0 Å². The molecular weight excluding hydrogens is 288 g/mol. The first-order valence-electron chi connectivity index (χ1n) is 6.59. The summed E-state index contributed by atoms with van der Waals surface area (Å²) in [7, 11) is 0. The third kappa shape index (κ3) is 4.21. The number of para-hydroxylation sites is 2. The van der Waals surface area contributed by atoms with E-state index in [0.29, 0.717) is 23.0 Å². The number of carbonyl (C=O) groups is 1. The molecule has 0 aliphatic rings. The van der Waals surface area contributed by atoms with E-state index in [0.717, 1.165) is 5.56 Å². The highest BCUT2D eigenvalue weighted by molar-refractivity contribution is 6.30. The van der Waals surface area contributed by atoms with Gasteiger partial charge < -0.3 is 15.8 Å². The number of carbonyl (C=O) groups excluding carboxylic acids is 1. The molecule has 0 heterocycles. The van der Waals surface area contributed by atoms with Crippen molar-refractivity contribution >= 4 is 23.2 Å². The van der Waals surface area contributed by atoms with Crippen LogP contribution in [0.25, 0.3) is 0 Å². The molecule has 21 heavy (non-hydrogen) atoms. The summed E-state index contributed by atoms with van der Waals surface area (Å²) in [6, 6.07) is 14.6.